The van der Waals surface area contributed by atoms with Crippen LogP contribution in [0.1, 0.15) is 0 Å². The summed E-state index contributed by atoms with van der Waals surface area (Å²) in [5.74, 6) is 1.36. The van der Waals surface area contributed by atoms with Gasteiger partial charge in [-0.3, -0.25) is 0 Å². The summed E-state index contributed by atoms with van der Waals surface area (Å²) >= 11 is 0. The molecular weight excluding hydrogens is 251 g/mol. The van der Waals surface area contributed by atoms with Gasteiger partial charge >= 0.3 is 0 Å². The number of nitrogen functional groups attached to an aromatic ring is 2. The van der Waals surface area contributed by atoms with Gasteiger partial charge in [-0.2, -0.15) is 4.98 Å². The third-order valence-electron chi connectivity index (χ3n) is 1.84. The van der Waals surface area contributed by atoms with Gasteiger partial charge in [-0.25, -0.2) is 9.67 Å². The molecule has 16 heavy (non-hydrogen) atoms. The normalized spacial score (nSPS) is 9.06. The first-order valence-electron chi connectivity index (χ1n) is 4.05. The summed E-state index contributed by atoms with van der Waals surface area (Å²) in [5.41, 5.74) is 11.9. The zero-order valence-corrected chi connectivity index (χ0v) is 10.1. The van der Waals surface area contributed by atoms with Crippen molar-refractivity contribution in [2.75, 3.05) is 11.5 Å². The van der Waals surface area contributed by atoms with Gasteiger partial charge in [-0.05, 0) is 12.1 Å². The van der Waals surface area contributed by atoms with Crippen LogP contribution in [0.5, 0.6) is 0 Å². The van der Waals surface area contributed by atoms with E-state index in [-0.39, 0.29) is 24.8 Å². The number of pyridine rings is 1. The number of aryl methyl sites for hydroxylation is 1. The Hall–Kier alpha value is -1.53. The summed E-state index contributed by atoms with van der Waals surface area (Å²) in [4.78, 5) is 7.95. The van der Waals surface area contributed by atoms with Crippen LogP contribution >= 0.6 is 24.8 Å². The van der Waals surface area contributed by atoms with E-state index in [9.17, 15) is 0 Å². The minimum atomic E-state index is 0. The van der Waals surface area contributed by atoms with Gasteiger partial charge in [0.25, 0.3) is 0 Å². The van der Waals surface area contributed by atoms with E-state index in [4.69, 9.17) is 11.5 Å². The topological polar surface area (TPSA) is 95.6 Å². The van der Waals surface area contributed by atoms with Crippen molar-refractivity contribution in [3.63, 3.8) is 0 Å². The lowest BCUT2D eigenvalue weighted by atomic mass is 10.2. The molecule has 0 aliphatic carbocycles. The maximum absolute atomic E-state index is 5.56. The van der Waals surface area contributed by atoms with Crippen LogP contribution in [0, 0.1) is 0 Å². The molecular formula is C8H12Cl2N6. The molecule has 0 aliphatic rings. The first-order valence-corrected chi connectivity index (χ1v) is 4.05. The summed E-state index contributed by atoms with van der Waals surface area (Å²) in [6.07, 6.45) is 1.61. The highest BCUT2D eigenvalue weighted by Crippen LogP contribution is 2.16. The van der Waals surface area contributed by atoms with E-state index < -0.39 is 0 Å². The molecule has 6 nitrogen and oxygen atoms in total. The zero-order valence-electron chi connectivity index (χ0n) is 8.49. The number of nitrogens with zero attached hydrogens (tertiary/aromatic N) is 4. The summed E-state index contributed by atoms with van der Waals surface area (Å²) in [7, 11) is 1.73. The van der Waals surface area contributed by atoms with Crippen molar-refractivity contribution < 1.29 is 0 Å². The van der Waals surface area contributed by atoms with Crippen molar-refractivity contribution in [2.45, 2.75) is 0 Å². The van der Waals surface area contributed by atoms with E-state index in [1.807, 2.05) is 0 Å². The molecule has 0 atom stereocenters. The predicted molar refractivity (Wildman–Crippen MR) is 67.6 cm³/mol. The first-order chi connectivity index (χ1) is 6.66. The molecule has 4 N–H and O–H groups in total. The van der Waals surface area contributed by atoms with Crippen LogP contribution in [0.4, 0.5) is 11.8 Å². The van der Waals surface area contributed by atoms with Gasteiger partial charge in [0.05, 0.1) is 0 Å². The molecule has 0 radical (unpaired) electrons. The van der Waals surface area contributed by atoms with Crippen LogP contribution in [0.2, 0.25) is 0 Å². The van der Waals surface area contributed by atoms with E-state index in [1.54, 1.807) is 25.4 Å². The maximum Gasteiger partial charge on any atom is 0.218 e. The lowest BCUT2D eigenvalue weighted by Gasteiger charge is -1.95. The molecule has 0 saturated carbocycles. The van der Waals surface area contributed by atoms with Gasteiger partial charge in [0.15, 0.2) is 5.82 Å². The second-order valence-corrected chi connectivity index (χ2v) is 2.89. The van der Waals surface area contributed by atoms with Crippen LogP contribution in [0.25, 0.3) is 11.4 Å². The van der Waals surface area contributed by atoms with Crippen molar-refractivity contribution in [2.24, 2.45) is 7.05 Å². The maximum atomic E-state index is 5.56. The lowest BCUT2D eigenvalue weighted by Crippen LogP contribution is -1.97. The number of nitrogens with two attached hydrogens (primary N) is 2. The number of aromatic nitrogens is 4. The van der Waals surface area contributed by atoms with E-state index in [0.717, 1.165) is 5.56 Å². The molecule has 0 saturated heterocycles. The Balaban J connectivity index is 0.00000112. The first kappa shape index (κ1) is 14.5. The van der Waals surface area contributed by atoms with Crippen LogP contribution in [-0.4, -0.2) is 19.7 Å². The predicted octanol–water partition coefficient (Wildman–Crippen LogP) is 0.885. The van der Waals surface area contributed by atoms with Gasteiger partial charge in [0.2, 0.25) is 5.95 Å². The number of rotatable bonds is 1. The Bertz CT molecular complexity index is 450. The standard InChI is InChI=1S/C8H10N6.2ClH/c1-14-8(10)12-7(13-14)5-2-3-11-6(9)4-5;;/h2-4H,1H3,(H2,9,11)(H2,10,12,13);2*1H. The molecule has 0 amide bonds. The minimum absolute atomic E-state index is 0. The molecule has 2 rings (SSSR count). The van der Waals surface area contributed by atoms with Gasteiger partial charge < -0.3 is 11.5 Å². The smallest absolute Gasteiger partial charge is 0.218 e. The third-order valence-corrected chi connectivity index (χ3v) is 1.84. The number of hydrogen-bond acceptors (Lipinski definition) is 5. The Morgan fingerprint density at radius 2 is 1.94 bits per heavy atom. The van der Waals surface area contributed by atoms with Gasteiger partial charge in [0, 0.05) is 18.8 Å². The molecule has 2 aromatic rings. The highest BCUT2D eigenvalue weighted by Gasteiger charge is 2.06. The summed E-state index contributed by atoms with van der Waals surface area (Å²) < 4.78 is 1.51. The van der Waals surface area contributed by atoms with Crippen molar-refractivity contribution in [3.8, 4) is 11.4 Å². The minimum Gasteiger partial charge on any atom is -0.384 e. The molecule has 0 fully saturated rings. The summed E-state index contributed by atoms with van der Waals surface area (Å²) in [6, 6.07) is 3.49. The molecule has 2 heterocycles. The van der Waals surface area contributed by atoms with Crippen molar-refractivity contribution in [1.82, 2.24) is 19.7 Å². The highest BCUT2D eigenvalue weighted by atomic mass is 35.5. The van der Waals surface area contributed by atoms with Gasteiger partial charge in [0.1, 0.15) is 5.82 Å². The van der Waals surface area contributed by atoms with Gasteiger partial charge in [-0.15, -0.1) is 29.9 Å². The molecule has 0 unspecified atom stereocenters. The number of anilines is 2. The fourth-order valence-corrected chi connectivity index (χ4v) is 1.11. The van der Waals surface area contributed by atoms with E-state index in [0.29, 0.717) is 17.6 Å². The van der Waals surface area contributed by atoms with Crippen LogP contribution < -0.4 is 11.5 Å². The Kier molecular flexibility index (Phi) is 5.00. The summed E-state index contributed by atoms with van der Waals surface area (Å²) in [6.45, 7) is 0. The fraction of sp³-hybridized carbons (Fsp3) is 0.125. The molecule has 0 aromatic carbocycles. The fourth-order valence-electron chi connectivity index (χ4n) is 1.11. The molecule has 0 aliphatic heterocycles. The highest BCUT2D eigenvalue weighted by molar-refractivity contribution is 5.85. The van der Waals surface area contributed by atoms with E-state index in [2.05, 4.69) is 15.1 Å². The van der Waals surface area contributed by atoms with Crippen LogP contribution in [0.3, 0.4) is 0 Å². The molecule has 88 valence electrons. The van der Waals surface area contributed by atoms with E-state index >= 15 is 0 Å². The Morgan fingerprint density at radius 1 is 1.25 bits per heavy atom. The van der Waals surface area contributed by atoms with Crippen LogP contribution in [0.15, 0.2) is 18.3 Å². The Labute approximate surface area is 105 Å². The van der Waals surface area contributed by atoms with Crippen molar-refractivity contribution in [1.29, 1.82) is 0 Å². The zero-order chi connectivity index (χ0) is 10.1. The average Bonchev–Trinajstić information content (AvgIpc) is 2.47. The summed E-state index contributed by atoms with van der Waals surface area (Å²) in [5, 5.41) is 4.12. The quantitative estimate of drug-likeness (QED) is 0.796. The molecule has 0 spiro atoms. The van der Waals surface area contributed by atoms with Crippen LogP contribution in [-0.2, 0) is 7.05 Å². The molecule has 0 bridgehead atoms. The largest absolute Gasteiger partial charge is 0.384 e. The average molecular weight is 263 g/mol. The Morgan fingerprint density at radius 3 is 2.44 bits per heavy atom. The number of hydrogen-bond donors (Lipinski definition) is 2. The van der Waals surface area contributed by atoms with Crippen molar-refractivity contribution in [3.05, 3.63) is 18.3 Å². The second-order valence-electron chi connectivity index (χ2n) is 2.89. The SMILES string of the molecule is Cl.Cl.Cn1nc(-c2ccnc(N)c2)nc1N. The van der Waals surface area contributed by atoms with Crippen molar-refractivity contribution >= 4 is 36.6 Å². The van der Waals surface area contributed by atoms with E-state index in [1.165, 1.54) is 4.68 Å². The van der Waals surface area contributed by atoms with Gasteiger partial charge in [-0.1, -0.05) is 0 Å². The lowest BCUT2D eigenvalue weighted by molar-refractivity contribution is 0.781. The number of halogens is 2. The monoisotopic (exact) mass is 262 g/mol. The second kappa shape index (κ2) is 5.53. The third kappa shape index (κ3) is 2.74. The molecule has 2 aromatic heterocycles. The molecule has 8 heteroatoms.